The van der Waals surface area contributed by atoms with E-state index in [4.69, 9.17) is 14.9 Å². The lowest BCUT2D eigenvalue weighted by molar-refractivity contribution is 0.412. The van der Waals surface area contributed by atoms with Crippen LogP contribution in [-0.4, -0.2) is 13.0 Å². The Balaban J connectivity index is 1.91. The Labute approximate surface area is 141 Å². The number of hydrogen-bond donors (Lipinski definition) is 1. The van der Waals surface area contributed by atoms with Crippen LogP contribution < -0.4 is 9.47 Å². The van der Waals surface area contributed by atoms with Crippen LogP contribution in [0, 0.1) is 22.7 Å². The highest BCUT2D eigenvalue weighted by Crippen LogP contribution is 2.46. The summed E-state index contributed by atoms with van der Waals surface area (Å²) in [7, 11) is 1.63. The number of hydrogen-bond acceptors (Lipinski definition) is 4. The molecule has 0 spiro atoms. The molecule has 0 fully saturated rings. The van der Waals surface area contributed by atoms with Crippen molar-refractivity contribution in [3.8, 4) is 17.6 Å². The first-order valence-corrected chi connectivity index (χ1v) is 8.17. The van der Waals surface area contributed by atoms with Gasteiger partial charge in [0.1, 0.15) is 17.4 Å². The van der Waals surface area contributed by atoms with E-state index in [0.717, 1.165) is 41.9 Å². The van der Waals surface area contributed by atoms with Crippen molar-refractivity contribution in [2.45, 2.75) is 25.2 Å². The van der Waals surface area contributed by atoms with Crippen molar-refractivity contribution in [3.63, 3.8) is 0 Å². The van der Waals surface area contributed by atoms with Crippen LogP contribution >= 0.6 is 0 Å². The first kappa shape index (κ1) is 14.8. The van der Waals surface area contributed by atoms with Crippen molar-refractivity contribution in [1.29, 1.82) is 10.7 Å². The zero-order valence-corrected chi connectivity index (χ0v) is 13.5. The molecular weight excluding hydrogens is 300 g/mol. The number of aryl methyl sites for hydroxylation is 1. The summed E-state index contributed by atoms with van der Waals surface area (Å²) in [5, 5.41) is 17.9. The third-order valence-corrected chi connectivity index (χ3v) is 5.02. The highest BCUT2D eigenvalue weighted by atomic mass is 16.5. The maximum atomic E-state index is 9.64. The minimum absolute atomic E-state index is 0.0399. The van der Waals surface area contributed by atoms with Gasteiger partial charge in [0.05, 0.1) is 13.2 Å². The van der Waals surface area contributed by atoms with Gasteiger partial charge in [0.2, 0.25) is 5.90 Å². The number of nitrogens with zero attached hydrogens (tertiary/aromatic N) is 1. The zero-order chi connectivity index (χ0) is 16.7. The summed E-state index contributed by atoms with van der Waals surface area (Å²) >= 11 is 0. The standard InChI is InChI=1S/C20H18N2O2/c1-23-14-6-2-5-13(10-14)18-16-9-8-12-4-3-7-15(12)19(16)24-20(22)17(18)11-21/h2,5-6,8-10,17-18,22H,3-4,7H2,1H3. The molecule has 1 aliphatic carbocycles. The number of nitriles is 1. The summed E-state index contributed by atoms with van der Waals surface area (Å²) in [5.74, 6) is 0.772. The molecule has 24 heavy (non-hydrogen) atoms. The van der Waals surface area contributed by atoms with Crippen LogP contribution in [0.4, 0.5) is 0 Å². The van der Waals surface area contributed by atoms with Gasteiger partial charge in [0.25, 0.3) is 0 Å². The van der Waals surface area contributed by atoms with Gasteiger partial charge < -0.3 is 9.47 Å². The summed E-state index contributed by atoms with van der Waals surface area (Å²) in [4.78, 5) is 0. The van der Waals surface area contributed by atoms with Gasteiger partial charge in [-0.05, 0) is 48.1 Å². The van der Waals surface area contributed by atoms with Gasteiger partial charge in [0.15, 0.2) is 0 Å². The van der Waals surface area contributed by atoms with Crippen LogP contribution in [0.2, 0.25) is 0 Å². The molecule has 4 nitrogen and oxygen atoms in total. The van der Waals surface area contributed by atoms with Gasteiger partial charge in [-0.3, -0.25) is 5.41 Å². The van der Waals surface area contributed by atoms with Crippen molar-refractivity contribution < 1.29 is 9.47 Å². The normalized spacial score (nSPS) is 21.4. The lowest BCUT2D eigenvalue weighted by Crippen LogP contribution is -2.31. The first-order chi connectivity index (χ1) is 11.7. The molecule has 4 rings (SSSR count). The van der Waals surface area contributed by atoms with E-state index in [0.29, 0.717) is 0 Å². The van der Waals surface area contributed by atoms with Crippen LogP contribution in [0.5, 0.6) is 11.5 Å². The fourth-order valence-corrected chi connectivity index (χ4v) is 3.86. The van der Waals surface area contributed by atoms with Gasteiger partial charge >= 0.3 is 0 Å². The van der Waals surface area contributed by atoms with E-state index in [1.807, 2.05) is 24.3 Å². The maximum Gasteiger partial charge on any atom is 0.205 e. The molecule has 1 heterocycles. The number of methoxy groups -OCH3 is 1. The molecule has 2 aliphatic rings. The van der Waals surface area contributed by atoms with E-state index in [2.05, 4.69) is 18.2 Å². The average molecular weight is 318 g/mol. The molecule has 0 saturated heterocycles. The van der Waals surface area contributed by atoms with E-state index in [1.54, 1.807) is 7.11 Å². The van der Waals surface area contributed by atoms with Crippen LogP contribution in [0.1, 0.15) is 34.6 Å². The lowest BCUT2D eigenvalue weighted by Gasteiger charge is -2.31. The van der Waals surface area contributed by atoms with Crippen LogP contribution in [-0.2, 0) is 12.8 Å². The smallest absolute Gasteiger partial charge is 0.205 e. The number of rotatable bonds is 2. The van der Waals surface area contributed by atoms with Crippen LogP contribution in [0.25, 0.3) is 0 Å². The summed E-state index contributed by atoms with van der Waals surface area (Å²) in [6, 6.07) is 14.2. The molecule has 0 saturated carbocycles. The van der Waals surface area contributed by atoms with Gasteiger partial charge in [0, 0.05) is 11.5 Å². The van der Waals surface area contributed by atoms with Crippen LogP contribution in [0.15, 0.2) is 36.4 Å². The predicted octanol–water partition coefficient (Wildman–Crippen LogP) is 3.83. The molecule has 1 aliphatic heterocycles. The third kappa shape index (κ3) is 2.16. The van der Waals surface area contributed by atoms with Crippen molar-refractivity contribution in [3.05, 3.63) is 58.7 Å². The van der Waals surface area contributed by atoms with Crippen molar-refractivity contribution in [2.24, 2.45) is 5.92 Å². The molecule has 0 amide bonds. The van der Waals surface area contributed by atoms with Crippen LogP contribution in [0.3, 0.4) is 0 Å². The fourth-order valence-electron chi connectivity index (χ4n) is 3.86. The molecule has 4 heteroatoms. The second-order valence-electron chi connectivity index (χ2n) is 6.30. The van der Waals surface area contributed by atoms with Crippen molar-refractivity contribution in [2.75, 3.05) is 7.11 Å². The Morgan fingerprint density at radius 2 is 2.12 bits per heavy atom. The topological polar surface area (TPSA) is 66.1 Å². The van der Waals surface area contributed by atoms with Gasteiger partial charge in [-0.2, -0.15) is 5.26 Å². The quantitative estimate of drug-likeness (QED) is 0.915. The second-order valence-corrected chi connectivity index (χ2v) is 6.30. The largest absolute Gasteiger partial charge is 0.497 e. The molecule has 0 radical (unpaired) electrons. The number of nitrogens with one attached hydrogen (secondary N) is 1. The lowest BCUT2D eigenvalue weighted by atomic mass is 9.78. The average Bonchev–Trinajstić information content (AvgIpc) is 3.09. The summed E-state index contributed by atoms with van der Waals surface area (Å²) in [5.41, 5.74) is 4.50. The van der Waals surface area contributed by atoms with E-state index in [9.17, 15) is 5.26 Å². The molecule has 120 valence electrons. The van der Waals surface area contributed by atoms with Gasteiger partial charge in [-0.1, -0.05) is 24.3 Å². The van der Waals surface area contributed by atoms with Crippen molar-refractivity contribution >= 4 is 5.90 Å². The molecule has 0 bridgehead atoms. The van der Waals surface area contributed by atoms with E-state index in [1.165, 1.54) is 11.1 Å². The number of ether oxygens (including phenoxy) is 2. The van der Waals surface area contributed by atoms with Gasteiger partial charge in [-0.25, -0.2) is 0 Å². The Bertz CT molecular complexity index is 866. The van der Waals surface area contributed by atoms with E-state index in [-0.39, 0.29) is 11.8 Å². The molecule has 2 atom stereocenters. The van der Waals surface area contributed by atoms with Gasteiger partial charge in [-0.15, -0.1) is 0 Å². The minimum atomic E-state index is -0.621. The summed E-state index contributed by atoms with van der Waals surface area (Å²) in [6.45, 7) is 0. The SMILES string of the molecule is COc1cccc(C2c3ccc4c(c3OC(=N)C2C#N)CCC4)c1. The Morgan fingerprint density at radius 1 is 1.25 bits per heavy atom. The Kier molecular flexibility index (Phi) is 3.50. The molecule has 2 aromatic rings. The minimum Gasteiger partial charge on any atom is -0.497 e. The molecule has 1 N–H and O–H groups in total. The Morgan fingerprint density at radius 3 is 2.92 bits per heavy atom. The first-order valence-electron chi connectivity index (χ1n) is 8.17. The summed E-state index contributed by atoms with van der Waals surface area (Å²) in [6.07, 6.45) is 3.16. The maximum absolute atomic E-state index is 9.64. The highest BCUT2D eigenvalue weighted by Gasteiger charge is 2.38. The molecule has 2 unspecified atom stereocenters. The Hall–Kier alpha value is -2.80. The van der Waals surface area contributed by atoms with E-state index >= 15 is 0 Å². The fraction of sp³-hybridized carbons (Fsp3) is 0.300. The third-order valence-electron chi connectivity index (χ3n) is 5.02. The summed E-state index contributed by atoms with van der Waals surface area (Å²) < 4.78 is 11.2. The monoisotopic (exact) mass is 318 g/mol. The molecule has 2 aromatic carbocycles. The zero-order valence-electron chi connectivity index (χ0n) is 13.5. The number of fused-ring (bicyclic) bond motifs is 3. The molecule has 0 aromatic heterocycles. The predicted molar refractivity (Wildman–Crippen MR) is 90.8 cm³/mol. The molecular formula is C20H18N2O2. The number of benzene rings is 2. The van der Waals surface area contributed by atoms with Crippen molar-refractivity contribution in [1.82, 2.24) is 0 Å². The van der Waals surface area contributed by atoms with E-state index < -0.39 is 5.92 Å². The second kappa shape index (κ2) is 5.68. The highest BCUT2D eigenvalue weighted by molar-refractivity contribution is 5.86.